The molecule has 0 unspecified atom stereocenters. The molecule has 0 spiro atoms. The first kappa shape index (κ1) is 18.3. The third-order valence-corrected chi connectivity index (χ3v) is 5.70. The van der Waals surface area contributed by atoms with Crippen molar-refractivity contribution in [2.24, 2.45) is 0 Å². The lowest BCUT2D eigenvalue weighted by Gasteiger charge is -2.18. The molecule has 2 aromatic heterocycles. The van der Waals surface area contributed by atoms with Crippen molar-refractivity contribution in [3.63, 3.8) is 0 Å². The number of nitrogens with one attached hydrogen (secondary N) is 2. The molecule has 0 saturated carbocycles. The molecule has 2 N–H and O–H groups in total. The molecule has 2 aromatic carbocycles. The summed E-state index contributed by atoms with van der Waals surface area (Å²) in [5.41, 5.74) is 4.47. The Hall–Kier alpha value is -3.05. The number of aromatic amines is 1. The zero-order valence-electron chi connectivity index (χ0n) is 15.6. The molecule has 0 aliphatic heterocycles. The van der Waals surface area contributed by atoms with Crippen LogP contribution >= 0.6 is 11.3 Å². The van der Waals surface area contributed by atoms with Gasteiger partial charge >= 0.3 is 0 Å². The highest BCUT2D eigenvalue weighted by atomic mass is 32.1. The summed E-state index contributed by atoms with van der Waals surface area (Å²) in [5.74, 6) is 0.910. The number of carbonyl (C=O) groups excluding carboxylic acids is 1. The first-order valence-corrected chi connectivity index (χ1v) is 10.2. The van der Waals surface area contributed by atoms with Gasteiger partial charge in [-0.15, -0.1) is 0 Å². The molecule has 0 bridgehead atoms. The molecule has 2 heterocycles. The first-order chi connectivity index (χ1) is 13.7. The van der Waals surface area contributed by atoms with Gasteiger partial charge in [-0.2, -0.15) is 11.3 Å². The highest BCUT2D eigenvalue weighted by molar-refractivity contribution is 7.08. The summed E-state index contributed by atoms with van der Waals surface area (Å²) in [6.45, 7) is 0.539. The Morgan fingerprint density at radius 1 is 1.14 bits per heavy atom. The van der Waals surface area contributed by atoms with E-state index in [1.165, 1.54) is 10.9 Å². The Morgan fingerprint density at radius 2 is 1.96 bits per heavy atom. The first-order valence-electron chi connectivity index (χ1n) is 9.22. The van der Waals surface area contributed by atoms with Crippen LogP contribution in [-0.2, 0) is 11.2 Å². The number of hydrogen-bond donors (Lipinski definition) is 2. The molecule has 1 atom stereocenters. The minimum Gasteiger partial charge on any atom is -0.497 e. The zero-order valence-corrected chi connectivity index (χ0v) is 16.5. The minimum atomic E-state index is 0.0387. The fraction of sp³-hybridized carbons (Fsp3) is 0.174. The molecule has 0 saturated heterocycles. The molecule has 4 nitrogen and oxygen atoms in total. The number of benzene rings is 2. The van der Waals surface area contributed by atoms with Crippen molar-refractivity contribution >= 4 is 28.1 Å². The number of rotatable bonds is 7. The molecule has 1 amide bonds. The van der Waals surface area contributed by atoms with Gasteiger partial charge in [0.1, 0.15) is 5.75 Å². The summed E-state index contributed by atoms with van der Waals surface area (Å²) in [5, 5.41) is 8.31. The molecule has 0 aliphatic rings. The molecule has 0 fully saturated rings. The van der Waals surface area contributed by atoms with Crippen molar-refractivity contribution in [2.45, 2.75) is 12.3 Å². The zero-order chi connectivity index (χ0) is 19.3. The second-order valence-corrected chi connectivity index (χ2v) is 7.51. The van der Waals surface area contributed by atoms with Gasteiger partial charge in [-0.25, -0.2) is 0 Å². The van der Waals surface area contributed by atoms with Gasteiger partial charge < -0.3 is 15.0 Å². The Balaban J connectivity index is 1.60. The summed E-state index contributed by atoms with van der Waals surface area (Å²) in [7, 11) is 1.66. The Kier molecular flexibility index (Phi) is 5.44. The minimum absolute atomic E-state index is 0.0387. The standard InChI is InChI=1S/C23H22N2O2S/c1-27-18-8-6-17(7-9-18)20(13-25-23(26)12-16-10-11-28-15-16)21-14-24-22-5-3-2-4-19(21)22/h2-11,14-15,20,24H,12-13H2,1H3,(H,25,26)/t20-/m0/s1. The van der Waals surface area contributed by atoms with Crippen molar-refractivity contribution in [1.82, 2.24) is 10.3 Å². The van der Waals surface area contributed by atoms with Gasteiger partial charge in [0.15, 0.2) is 0 Å². The second kappa shape index (κ2) is 8.31. The van der Waals surface area contributed by atoms with Crippen LogP contribution in [0.5, 0.6) is 5.75 Å². The highest BCUT2D eigenvalue weighted by Crippen LogP contribution is 2.31. The quantitative estimate of drug-likeness (QED) is 0.479. The molecule has 0 radical (unpaired) electrons. The Bertz CT molecular complexity index is 1050. The van der Waals surface area contributed by atoms with Crippen LogP contribution in [-0.4, -0.2) is 24.5 Å². The SMILES string of the molecule is COc1ccc([C@H](CNC(=O)Cc2ccsc2)c2c[nH]c3ccccc23)cc1. The van der Waals surface area contributed by atoms with Crippen molar-refractivity contribution in [2.75, 3.05) is 13.7 Å². The van der Waals surface area contributed by atoms with Gasteiger partial charge in [-0.3, -0.25) is 4.79 Å². The summed E-state index contributed by atoms with van der Waals surface area (Å²) >= 11 is 1.61. The number of carbonyl (C=O) groups is 1. The summed E-state index contributed by atoms with van der Waals surface area (Å²) in [6, 6.07) is 18.3. The summed E-state index contributed by atoms with van der Waals surface area (Å²) in [6.07, 6.45) is 2.46. The van der Waals surface area contributed by atoms with E-state index < -0.39 is 0 Å². The van der Waals surface area contributed by atoms with E-state index in [9.17, 15) is 4.79 Å². The predicted molar refractivity (Wildman–Crippen MR) is 114 cm³/mol. The average Bonchev–Trinajstić information content (AvgIpc) is 3.39. The fourth-order valence-corrected chi connectivity index (χ4v) is 4.15. The van der Waals surface area contributed by atoms with E-state index in [1.54, 1.807) is 18.4 Å². The Labute approximate surface area is 168 Å². The van der Waals surface area contributed by atoms with Crippen molar-refractivity contribution < 1.29 is 9.53 Å². The second-order valence-electron chi connectivity index (χ2n) is 6.73. The third kappa shape index (κ3) is 3.94. The van der Waals surface area contributed by atoms with Crippen LogP contribution < -0.4 is 10.1 Å². The topological polar surface area (TPSA) is 54.1 Å². The van der Waals surface area contributed by atoms with Crippen molar-refractivity contribution in [3.8, 4) is 5.75 Å². The van der Waals surface area contributed by atoms with E-state index in [0.29, 0.717) is 13.0 Å². The molecule has 142 valence electrons. The van der Waals surface area contributed by atoms with E-state index >= 15 is 0 Å². The lowest BCUT2D eigenvalue weighted by molar-refractivity contribution is -0.120. The van der Waals surface area contributed by atoms with Crippen LogP contribution in [0.25, 0.3) is 10.9 Å². The van der Waals surface area contributed by atoms with Crippen molar-refractivity contribution in [1.29, 1.82) is 0 Å². The monoisotopic (exact) mass is 390 g/mol. The van der Waals surface area contributed by atoms with E-state index in [-0.39, 0.29) is 11.8 Å². The maximum Gasteiger partial charge on any atom is 0.224 e. The molecular weight excluding hydrogens is 368 g/mol. The number of amides is 1. The van der Waals surface area contributed by atoms with E-state index in [4.69, 9.17) is 4.74 Å². The summed E-state index contributed by atoms with van der Waals surface area (Å²) < 4.78 is 5.29. The largest absolute Gasteiger partial charge is 0.497 e. The molecule has 0 aliphatic carbocycles. The van der Waals surface area contributed by atoms with Gasteiger partial charge in [0, 0.05) is 29.6 Å². The lowest BCUT2D eigenvalue weighted by Crippen LogP contribution is -2.30. The highest BCUT2D eigenvalue weighted by Gasteiger charge is 2.19. The van der Waals surface area contributed by atoms with Crippen molar-refractivity contribution in [3.05, 3.63) is 88.2 Å². The lowest BCUT2D eigenvalue weighted by atomic mass is 9.90. The predicted octanol–water partition coefficient (Wildman–Crippen LogP) is 4.73. The van der Waals surface area contributed by atoms with E-state index in [2.05, 4.69) is 34.6 Å². The number of hydrogen-bond acceptors (Lipinski definition) is 3. The van der Waals surface area contributed by atoms with Crippen LogP contribution in [0.3, 0.4) is 0 Å². The number of methoxy groups -OCH3 is 1. The van der Waals surface area contributed by atoms with Crippen LogP contribution in [0, 0.1) is 0 Å². The number of para-hydroxylation sites is 1. The van der Waals surface area contributed by atoms with Gasteiger partial charge in [-0.1, -0.05) is 30.3 Å². The van der Waals surface area contributed by atoms with Crippen LogP contribution in [0.2, 0.25) is 0 Å². The number of aromatic nitrogens is 1. The maximum absolute atomic E-state index is 12.4. The smallest absolute Gasteiger partial charge is 0.224 e. The number of H-pyrrole nitrogens is 1. The maximum atomic E-state index is 12.4. The number of ether oxygens (including phenoxy) is 1. The van der Waals surface area contributed by atoms with Crippen LogP contribution in [0.15, 0.2) is 71.6 Å². The molecule has 4 aromatic rings. The third-order valence-electron chi connectivity index (χ3n) is 4.96. The number of fused-ring (bicyclic) bond motifs is 1. The van der Waals surface area contributed by atoms with E-state index in [1.807, 2.05) is 47.3 Å². The van der Waals surface area contributed by atoms with Gasteiger partial charge in [0.05, 0.1) is 13.5 Å². The van der Waals surface area contributed by atoms with E-state index in [0.717, 1.165) is 22.4 Å². The normalized spacial score (nSPS) is 12.0. The Morgan fingerprint density at radius 3 is 2.71 bits per heavy atom. The van der Waals surface area contributed by atoms with Gasteiger partial charge in [0.25, 0.3) is 0 Å². The molecular formula is C23H22N2O2S. The van der Waals surface area contributed by atoms with Crippen LogP contribution in [0.1, 0.15) is 22.6 Å². The molecule has 5 heteroatoms. The van der Waals surface area contributed by atoms with Gasteiger partial charge in [-0.05, 0) is 51.7 Å². The molecule has 4 rings (SSSR count). The van der Waals surface area contributed by atoms with Gasteiger partial charge in [0.2, 0.25) is 5.91 Å². The average molecular weight is 391 g/mol. The summed E-state index contributed by atoms with van der Waals surface area (Å²) in [4.78, 5) is 15.8. The number of thiophene rings is 1. The fourth-order valence-electron chi connectivity index (χ4n) is 3.48. The van der Waals surface area contributed by atoms with Crippen LogP contribution in [0.4, 0.5) is 0 Å². The molecule has 28 heavy (non-hydrogen) atoms.